The van der Waals surface area contributed by atoms with E-state index in [-0.39, 0.29) is 23.2 Å². The van der Waals surface area contributed by atoms with Gasteiger partial charge in [-0.2, -0.15) is 0 Å². The number of carbonyl (C=O) groups is 1. The van der Waals surface area contributed by atoms with E-state index in [4.69, 9.17) is 37.9 Å². The van der Waals surface area contributed by atoms with Crippen molar-refractivity contribution < 1.29 is 114 Å². The second-order valence-electron chi connectivity index (χ2n) is 21.1. The first-order valence-corrected chi connectivity index (χ1v) is 23.8. The fourth-order valence-electron chi connectivity index (χ4n) is 14.0. The molecule has 1 spiro atoms. The predicted molar refractivity (Wildman–Crippen MR) is 224 cm³/mol. The third-order valence-electron chi connectivity index (χ3n) is 17.8. The van der Waals surface area contributed by atoms with Crippen LogP contribution in [0.5, 0.6) is 0 Å². The van der Waals surface area contributed by atoms with E-state index in [0.717, 1.165) is 12.0 Å². The van der Waals surface area contributed by atoms with Crippen LogP contribution in [0.2, 0.25) is 0 Å². The topological polar surface area (TPSA) is 374 Å². The first-order valence-electron chi connectivity index (χ1n) is 23.8. The van der Waals surface area contributed by atoms with E-state index < -0.39 is 172 Å². The van der Waals surface area contributed by atoms with Crippen molar-refractivity contribution >= 4 is 5.97 Å². The van der Waals surface area contributed by atoms with E-state index in [1.807, 2.05) is 0 Å². The Labute approximate surface area is 392 Å². The van der Waals surface area contributed by atoms with Gasteiger partial charge < -0.3 is 109 Å². The summed E-state index contributed by atoms with van der Waals surface area (Å²) in [6, 6.07) is 0. The molecule has 23 nitrogen and oxygen atoms in total. The zero-order valence-electron chi connectivity index (χ0n) is 38.4. The Morgan fingerprint density at radius 2 is 1.03 bits per heavy atom. The zero-order chi connectivity index (χ0) is 49.6. The van der Waals surface area contributed by atoms with Gasteiger partial charge >= 0.3 is 5.97 Å². The summed E-state index contributed by atoms with van der Waals surface area (Å²) in [7, 11) is 0. The molecule has 8 aliphatic rings. The van der Waals surface area contributed by atoms with Crippen LogP contribution in [0.15, 0.2) is 12.2 Å². The van der Waals surface area contributed by atoms with Gasteiger partial charge in [0.25, 0.3) is 0 Å². The molecule has 4 aliphatic heterocycles. The van der Waals surface area contributed by atoms with E-state index in [1.54, 1.807) is 6.92 Å². The third kappa shape index (κ3) is 8.31. The van der Waals surface area contributed by atoms with Crippen LogP contribution in [0.3, 0.4) is 0 Å². The minimum atomic E-state index is -2.01. The maximum atomic E-state index is 15.1. The molecule has 0 radical (unpaired) electrons. The number of esters is 1. The highest BCUT2D eigenvalue weighted by Crippen LogP contribution is 2.75. The minimum absolute atomic E-state index is 0.0281. The summed E-state index contributed by atoms with van der Waals surface area (Å²) in [4.78, 5) is 15.1. The molecular formula is C45H72O23. The summed E-state index contributed by atoms with van der Waals surface area (Å²) in [6.07, 6.45) is -30.0. The molecule has 0 aromatic rings. The molecule has 0 aromatic heterocycles. The Morgan fingerprint density at radius 3 is 1.56 bits per heavy atom. The largest absolute Gasteiger partial charge is 0.432 e. The van der Waals surface area contributed by atoms with E-state index in [2.05, 4.69) is 20.4 Å². The van der Waals surface area contributed by atoms with Crippen molar-refractivity contribution in [1.82, 2.24) is 0 Å². The fourth-order valence-corrected chi connectivity index (χ4v) is 14.0. The number of hydrogen-bond acceptors (Lipinski definition) is 23. The van der Waals surface area contributed by atoms with Crippen LogP contribution in [0.25, 0.3) is 0 Å². The molecule has 2 bridgehead atoms. The van der Waals surface area contributed by atoms with Crippen LogP contribution in [-0.2, 0) is 42.7 Å². The predicted octanol–water partition coefficient (Wildman–Crippen LogP) is -4.87. The SMILES string of the molecule is C=C1CC23CCC4[C@](C)(C(=O)OC5OC(CO)C(O)C(OC6OC(CO)C(O)C(O)C6O)C5OC5OC(CO)C(O)C(O)C5O)CCC[C@@]4(C)[C@@H]2CC[C@]1(OC1OC(CO)C(O)C(O)C1O)[C@@H]3C. The monoisotopic (exact) mass is 980 g/mol. The molecule has 23 heteroatoms. The highest BCUT2D eigenvalue weighted by atomic mass is 16.8. The molecular weight excluding hydrogens is 908 g/mol. The lowest BCUT2D eigenvalue weighted by Crippen LogP contribution is -2.68. The summed E-state index contributed by atoms with van der Waals surface area (Å²) in [5, 5.41) is 148. The Balaban J connectivity index is 1.07. The van der Waals surface area contributed by atoms with E-state index in [0.29, 0.717) is 44.9 Å². The van der Waals surface area contributed by atoms with Crippen LogP contribution in [0.4, 0.5) is 0 Å². The normalized spacial score (nSPS) is 55.0. The van der Waals surface area contributed by atoms with Crippen molar-refractivity contribution in [2.75, 3.05) is 26.4 Å². The quantitative estimate of drug-likeness (QED) is 0.0495. The van der Waals surface area contributed by atoms with Gasteiger partial charge in [-0.3, -0.25) is 4.79 Å². The minimum Gasteiger partial charge on any atom is -0.432 e. The maximum absolute atomic E-state index is 15.1. The lowest BCUT2D eigenvalue weighted by Gasteiger charge is -2.65. The molecule has 0 amide bonds. The summed E-state index contributed by atoms with van der Waals surface area (Å²) >= 11 is 0. The molecule has 8 fully saturated rings. The van der Waals surface area contributed by atoms with Crippen LogP contribution in [-0.4, -0.2) is 232 Å². The average molecular weight is 981 g/mol. The lowest BCUT2D eigenvalue weighted by molar-refractivity contribution is -0.389. The highest BCUT2D eigenvalue weighted by Gasteiger charge is 2.72. The van der Waals surface area contributed by atoms with Crippen LogP contribution >= 0.6 is 0 Å². The number of fused-ring (bicyclic) bond motifs is 3. The molecule has 4 saturated carbocycles. The number of aliphatic hydroxyl groups excluding tert-OH is 14. The smallest absolute Gasteiger partial charge is 0.314 e. The molecule has 0 aromatic carbocycles. The van der Waals surface area contributed by atoms with Crippen molar-refractivity contribution in [2.24, 2.45) is 34.0 Å². The number of carbonyl (C=O) groups excluding carboxylic acids is 1. The van der Waals surface area contributed by atoms with Crippen molar-refractivity contribution in [2.45, 2.75) is 201 Å². The van der Waals surface area contributed by atoms with Gasteiger partial charge in [0.2, 0.25) is 6.29 Å². The van der Waals surface area contributed by atoms with Crippen LogP contribution in [0, 0.1) is 34.0 Å². The van der Waals surface area contributed by atoms with Gasteiger partial charge in [0, 0.05) is 0 Å². The van der Waals surface area contributed by atoms with Gasteiger partial charge in [0.05, 0.1) is 37.4 Å². The summed E-state index contributed by atoms with van der Waals surface area (Å²) in [5.74, 6) is -1.19. The molecule has 8 rings (SSSR count). The number of aliphatic hydroxyl groups is 14. The van der Waals surface area contributed by atoms with Gasteiger partial charge in [-0.25, -0.2) is 0 Å². The maximum Gasteiger partial charge on any atom is 0.314 e. The van der Waals surface area contributed by atoms with Crippen LogP contribution in [0.1, 0.15) is 72.1 Å². The van der Waals surface area contributed by atoms with Gasteiger partial charge in [-0.1, -0.05) is 26.8 Å². The van der Waals surface area contributed by atoms with Crippen LogP contribution < -0.4 is 0 Å². The Hall–Kier alpha value is -1.63. The Bertz CT molecular complexity index is 1790. The zero-order valence-corrected chi connectivity index (χ0v) is 38.4. The Kier molecular flexibility index (Phi) is 15.2. The van der Waals surface area contributed by atoms with Gasteiger partial charge in [-0.05, 0) is 86.0 Å². The molecule has 22 unspecified atom stereocenters. The van der Waals surface area contributed by atoms with E-state index in [9.17, 15) is 71.5 Å². The summed E-state index contributed by atoms with van der Waals surface area (Å²) < 4.78 is 48.1. The first kappa shape index (κ1) is 52.7. The lowest BCUT2D eigenvalue weighted by atomic mass is 9.39. The van der Waals surface area contributed by atoms with Crippen molar-refractivity contribution in [3.05, 3.63) is 12.2 Å². The molecule has 390 valence electrons. The third-order valence-corrected chi connectivity index (χ3v) is 17.8. The van der Waals surface area contributed by atoms with E-state index >= 15 is 4.79 Å². The summed E-state index contributed by atoms with van der Waals surface area (Å²) in [6.45, 7) is 7.37. The molecule has 14 N–H and O–H groups in total. The van der Waals surface area contributed by atoms with Gasteiger partial charge in [0.15, 0.2) is 25.0 Å². The Morgan fingerprint density at radius 1 is 0.574 bits per heavy atom. The highest BCUT2D eigenvalue weighted by molar-refractivity contribution is 5.77. The number of rotatable bonds is 12. The fraction of sp³-hybridized carbons (Fsp3) is 0.933. The summed E-state index contributed by atoms with van der Waals surface area (Å²) in [5.41, 5.74) is -2.22. The molecule has 4 aliphatic carbocycles. The molecule has 68 heavy (non-hydrogen) atoms. The average Bonchev–Trinajstić information content (AvgIpc) is 3.41. The van der Waals surface area contributed by atoms with Crippen molar-refractivity contribution in [3.8, 4) is 0 Å². The standard InChI is InChI=1S/C45H72O23/c1-17-12-44-10-6-23-42(3,24(44)7-11-45(17,18(44)2)68-39-34(59)31(56)27(52)21(15-48)63-39)8-5-9-43(23,4)41(60)67-40-36(66-38-33(58)30(55)26(51)20(14-47)62-38)35(28(53)22(16-49)64-40)65-37-32(57)29(54)25(50)19(13-46)61-37/h18-40,46-59H,1,5-16H2,2-4H3/t18-,19?,20?,21?,22?,23?,24+,25?,26?,27?,28?,29?,30?,31?,32?,33?,34?,35?,36?,37?,38?,39?,40?,42-,43-,44?,45-/m1/s1. The number of hydrogen-bond donors (Lipinski definition) is 14. The second-order valence-corrected chi connectivity index (χ2v) is 21.1. The first-order chi connectivity index (χ1) is 32.1. The molecule has 4 heterocycles. The van der Waals surface area contributed by atoms with Gasteiger partial charge in [-0.15, -0.1) is 0 Å². The molecule has 4 saturated heterocycles. The van der Waals surface area contributed by atoms with Crippen molar-refractivity contribution in [1.29, 1.82) is 0 Å². The molecule has 27 atom stereocenters. The van der Waals surface area contributed by atoms with E-state index in [1.165, 1.54) is 0 Å². The van der Waals surface area contributed by atoms with Gasteiger partial charge in [0.1, 0.15) is 91.6 Å². The van der Waals surface area contributed by atoms with Crippen molar-refractivity contribution in [3.63, 3.8) is 0 Å². The number of ether oxygens (including phenoxy) is 8. The second kappa shape index (κ2) is 19.7.